The van der Waals surface area contributed by atoms with E-state index in [1.54, 1.807) is 0 Å². The van der Waals surface area contributed by atoms with Crippen LogP contribution < -0.4 is 0 Å². The fraction of sp³-hybridized carbons (Fsp3) is 1.00. The van der Waals surface area contributed by atoms with Crippen molar-refractivity contribution in [3.05, 3.63) is 0 Å². The normalized spacial score (nSPS) is 15.6. The van der Waals surface area contributed by atoms with Crippen LogP contribution in [0.3, 0.4) is 0 Å². The summed E-state index contributed by atoms with van der Waals surface area (Å²) in [6.45, 7) is 6.58. The summed E-state index contributed by atoms with van der Waals surface area (Å²) in [4.78, 5) is 0. The molecule has 0 rings (SSSR count). The van der Waals surface area contributed by atoms with Crippen molar-refractivity contribution in [1.82, 2.24) is 0 Å². The third kappa shape index (κ3) is 3.89. The molecule has 0 aliphatic rings. The van der Waals surface area contributed by atoms with Gasteiger partial charge in [0.2, 0.25) is 0 Å². The van der Waals surface area contributed by atoms with Crippen molar-refractivity contribution in [2.75, 3.05) is 0 Å². The molecule has 0 heterocycles. The summed E-state index contributed by atoms with van der Waals surface area (Å²) in [6.07, 6.45) is -1.12. The molecule has 0 aromatic heterocycles. The number of alkyl halides is 3. The van der Waals surface area contributed by atoms with Crippen LogP contribution in [-0.4, -0.2) is 6.18 Å². The van der Waals surface area contributed by atoms with Crippen LogP contribution >= 0.6 is 0 Å². The maximum Gasteiger partial charge on any atom is 0.393 e. The summed E-state index contributed by atoms with van der Waals surface area (Å²) < 4.78 is 37.7. The lowest BCUT2D eigenvalue weighted by molar-refractivity contribution is -0.217. The third-order valence-electron chi connectivity index (χ3n) is 2.84. The zero-order valence-electron chi connectivity index (χ0n) is 9.54. The van der Waals surface area contributed by atoms with E-state index in [1.165, 1.54) is 13.8 Å². The predicted octanol–water partition coefficient (Wildman–Crippen LogP) is 4.79. The fourth-order valence-corrected chi connectivity index (χ4v) is 1.70. The molecule has 0 aromatic carbocycles. The molecule has 3 heteroatoms. The number of halogens is 3. The van der Waals surface area contributed by atoms with Crippen molar-refractivity contribution < 1.29 is 13.2 Å². The van der Waals surface area contributed by atoms with E-state index in [4.69, 9.17) is 0 Å². The molecule has 0 spiro atoms. The Hall–Kier alpha value is -0.210. The second kappa shape index (κ2) is 5.04. The molecule has 0 N–H and O–H groups in total. The van der Waals surface area contributed by atoms with Crippen molar-refractivity contribution in [1.29, 1.82) is 0 Å². The molecule has 0 fully saturated rings. The first kappa shape index (κ1) is 13.8. The quantitative estimate of drug-likeness (QED) is 0.612. The van der Waals surface area contributed by atoms with Crippen molar-refractivity contribution in [3.63, 3.8) is 0 Å². The zero-order valence-corrected chi connectivity index (χ0v) is 9.54. The van der Waals surface area contributed by atoms with Crippen molar-refractivity contribution >= 4 is 0 Å². The average Bonchev–Trinajstić information content (AvgIpc) is 2.01. The van der Waals surface area contributed by atoms with Crippen molar-refractivity contribution in [2.24, 2.45) is 11.3 Å². The Kier molecular flexibility index (Phi) is 4.96. The van der Waals surface area contributed by atoms with Gasteiger partial charge in [-0.2, -0.15) is 13.2 Å². The Morgan fingerprint density at radius 1 is 1.07 bits per heavy atom. The molecule has 14 heavy (non-hydrogen) atoms. The zero-order chi connectivity index (χ0) is 11.4. The van der Waals surface area contributed by atoms with Crippen LogP contribution in [0.15, 0.2) is 0 Å². The molecule has 0 saturated carbocycles. The van der Waals surface area contributed by atoms with Gasteiger partial charge in [0.05, 0.1) is 5.41 Å². The number of rotatable bonds is 5. The largest absolute Gasteiger partial charge is 0.393 e. The van der Waals surface area contributed by atoms with E-state index in [9.17, 15) is 13.2 Å². The number of hydrogen-bond donors (Lipinski definition) is 0. The fourth-order valence-electron chi connectivity index (χ4n) is 1.70. The molecule has 0 aromatic rings. The minimum absolute atomic E-state index is 0.205. The van der Waals surface area contributed by atoms with Crippen LogP contribution in [0.1, 0.15) is 53.4 Å². The molecule has 0 saturated heterocycles. The molecule has 0 aliphatic heterocycles. The van der Waals surface area contributed by atoms with Gasteiger partial charge in [-0.25, -0.2) is 0 Å². The molecular formula is C11H21F3. The van der Waals surface area contributed by atoms with Crippen LogP contribution in [0.25, 0.3) is 0 Å². The van der Waals surface area contributed by atoms with Gasteiger partial charge in [0.15, 0.2) is 0 Å². The Labute approximate surface area is 84.9 Å². The van der Waals surface area contributed by atoms with Crippen LogP contribution in [-0.2, 0) is 0 Å². The Morgan fingerprint density at radius 2 is 1.57 bits per heavy atom. The minimum atomic E-state index is -4.08. The van der Waals surface area contributed by atoms with E-state index in [1.807, 2.05) is 13.8 Å². The summed E-state index contributed by atoms with van der Waals surface area (Å²) in [6, 6.07) is 0. The van der Waals surface area contributed by atoms with Crippen molar-refractivity contribution in [3.8, 4) is 0 Å². The van der Waals surface area contributed by atoms with Gasteiger partial charge in [-0.1, -0.05) is 47.0 Å². The lowest BCUT2D eigenvalue weighted by Gasteiger charge is -2.31. The summed E-state index contributed by atoms with van der Waals surface area (Å²) >= 11 is 0. The van der Waals surface area contributed by atoms with Gasteiger partial charge >= 0.3 is 6.18 Å². The Balaban J connectivity index is 4.32. The van der Waals surface area contributed by atoms with Crippen molar-refractivity contribution in [2.45, 2.75) is 59.6 Å². The van der Waals surface area contributed by atoms with Gasteiger partial charge in [0, 0.05) is 0 Å². The lowest BCUT2D eigenvalue weighted by Crippen LogP contribution is -2.34. The Morgan fingerprint density at radius 3 is 1.86 bits per heavy atom. The molecule has 1 unspecified atom stereocenters. The van der Waals surface area contributed by atoms with E-state index in [2.05, 4.69) is 0 Å². The third-order valence-corrected chi connectivity index (χ3v) is 2.84. The standard InChI is InChI=1S/C11H21F3/c1-5-7-9(6-2)8-10(3,4)11(12,13)14/h9H,5-8H2,1-4H3. The van der Waals surface area contributed by atoms with Crippen LogP contribution in [0.5, 0.6) is 0 Å². The highest BCUT2D eigenvalue weighted by atomic mass is 19.4. The Bertz CT molecular complexity index is 158. The SMILES string of the molecule is CCCC(CC)CC(C)(C)C(F)(F)F. The highest BCUT2D eigenvalue weighted by Gasteiger charge is 2.47. The summed E-state index contributed by atoms with van der Waals surface area (Å²) in [5.41, 5.74) is -1.54. The first-order valence-electron chi connectivity index (χ1n) is 5.31. The predicted molar refractivity (Wildman–Crippen MR) is 53.1 cm³/mol. The molecule has 0 radical (unpaired) electrons. The highest BCUT2D eigenvalue weighted by molar-refractivity contribution is 4.79. The highest BCUT2D eigenvalue weighted by Crippen LogP contribution is 2.43. The van der Waals surface area contributed by atoms with Crippen LogP contribution in [0.4, 0.5) is 13.2 Å². The van der Waals surface area contributed by atoms with Gasteiger partial charge in [0.1, 0.15) is 0 Å². The molecule has 0 bridgehead atoms. The topological polar surface area (TPSA) is 0 Å². The van der Waals surface area contributed by atoms with Gasteiger partial charge in [-0.05, 0) is 12.3 Å². The molecule has 86 valence electrons. The van der Waals surface area contributed by atoms with Gasteiger partial charge in [-0.3, -0.25) is 0 Å². The number of hydrogen-bond acceptors (Lipinski definition) is 0. The molecule has 0 amide bonds. The second-order valence-corrected chi connectivity index (χ2v) is 4.65. The lowest BCUT2D eigenvalue weighted by atomic mass is 9.79. The molecule has 0 aliphatic carbocycles. The van der Waals surface area contributed by atoms with E-state index < -0.39 is 11.6 Å². The van der Waals surface area contributed by atoms with Gasteiger partial charge in [0.25, 0.3) is 0 Å². The summed E-state index contributed by atoms with van der Waals surface area (Å²) in [5.74, 6) is 0.205. The molecule has 0 nitrogen and oxygen atoms in total. The smallest absolute Gasteiger partial charge is 0.171 e. The van der Waals surface area contributed by atoms with Gasteiger partial charge in [-0.15, -0.1) is 0 Å². The van der Waals surface area contributed by atoms with Crippen LogP contribution in [0.2, 0.25) is 0 Å². The first-order chi connectivity index (χ1) is 6.24. The summed E-state index contributed by atoms with van der Waals surface area (Å²) in [5, 5.41) is 0. The van der Waals surface area contributed by atoms with E-state index >= 15 is 0 Å². The average molecular weight is 210 g/mol. The van der Waals surface area contributed by atoms with E-state index in [-0.39, 0.29) is 12.3 Å². The maximum atomic E-state index is 12.6. The first-order valence-corrected chi connectivity index (χ1v) is 5.31. The van der Waals surface area contributed by atoms with Crippen LogP contribution in [0, 0.1) is 11.3 Å². The monoisotopic (exact) mass is 210 g/mol. The second-order valence-electron chi connectivity index (χ2n) is 4.65. The van der Waals surface area contributed by atoms with Gasteiger partial charge < -0.3 is 0 Å². The minimum Gasteiger partial charge on any atom is -0.171 e. The maximum absolute atomic E-state index is 12.6. The van der Waals surface area contributed by atoms with E-state index in [0.29, 0.717) is 0 Å². The van der Waals surface area contributed by atoms with E-state index in [0.717, 1.165) is 19.3 Å². The molecular weight excluding hydrogens is 189 g/mol. The molecule has 1 atom stereocenters. The summed E-state index contributed by atoms with van der Waals surface area (Å²) in [7, 11) is 0.